The molecule has 0 radical (unpaired) electrons. The Morgan fingerprint density at radius 2 is 1.96 bits per heavy atom. The Bertz CT molecular complexity index is 889. The number of ether oxygens (including phenoxy) is 1. The smallest absolute Gasteiger partial charge is 0.357 e. The van der Waals surface area contributed by atoms with Gasteiger partial charge in [-0.1, -0.05) is 12.1 Å². The monoisotopic (exact) mass is 350 g/mol. The molecule has 1 aromatic heterocycles. The first kappa shape index (κ1) is 17.3. The number of nitrogen functional groups attached to an aromatic ring is 1. The fraction of sp³-hybridized carbons (Fsp3) is 0.143. The van der Waals surface area contributed by atoms with E-state index in [9.17, 15) is 19.2 Å². The number of carbonyl (C=O) groups is 2. The van der Waals surface area contributed by atoms with E-state index in [-0.39, 0.29) is 0 Å². The second kappa shape index (κ2) is 7.51. The van der Waals surface area contributed by atoms with Crippen molar-refractivity contribution in [2.24, 2.45) is 0 Å². The van der Waals surface area contributed by atoms with Gasteiger partial charge in [0.25, 0.3) is 11.5 Å². The highest BCUT2D eigenvalue weighted by Gasteiger charge is 2.17. The van der Waals surface area contributed by atoms with Crippen LogP contribution in [0.1, 0.15) is 10.5 Å². The number of amides is 1. The van der Waals surface area contributed by atoms with Crippen LogP contribution in [-0.2, 0) is 9.53 Å². The number of carbonyl (C=O) groups excluding carboxylic acids is 2. The molecule has 24 heavy (non-hydrogen) atoms. The summed E-state index contributed by atoms with van der Waals surface area (Å²) in [5.74, 6) is -1.65. The summed E-state index contributed by atoms with van der Waals surface area (Å²) in [7, 11) is 0. The number of esters is 1. The first-order chi connectivity index (χ1) is 11.4. The van der Waals surface area contributed by atoms with Crippen LogP contribution in [0.2, 0.25) is 0 Å². The van der Waals surface area contributed by atoms with Crippen molar-refractivity contribution in [3.63, 3.8) is 0 Å². The van der Waals surface area contributed by atoms with Gasteiger partial charge >= 0.3 is 11.7 Å². The molecule has 0 atom stereocenters. The fourth-order valence-electron chi connectivity index (χ4n) is 1.79. The second-order valence-corrected chi connectivity index (χ2v) is 5.37. The molecule has 126 valence electrons. The van der Waals surface area contributed by atoms with Crippen molar-refractivity contribution in [3.8, 4) is 0 Å². The normalized spacial score (nSPS) is 10.2. The Morgan fingerprint density at radius 3 is 2.67 bits per heavy atom. The molecule has 9 nitrogen and oxygen atoms in total. The van der Waals surface area contributed by atoms with E-state index in [1.54, 1.807) is 12.1 Å². The number of aromatic amines is 2. The third-order valence-corrected chi connectivity index (χ3v) is 3.69. The molecule has 0 spiro atoms. The molecule has 0 aliphatic rings. The molecule has 2 aromatic rings. The van der Waals surface area contributed by atoms with Gasteiger partial charge in [-0.2, -0.15) is 0 Å². The highest BCUT2D eigenvalue weighted by atomic mass is 32.2. The number of para-hydroxylation sites is 1. The number of hydrogen-bond donors (Lipinski definition) is 4. The van der Waals surface area contributed by atoms with Crippen LogP contribution in [0, 0.1) is 0 Å². The number of anilines is 2. The minimum atomic E-state index is -1.08. The van der Waals surface area contributed by atoms with Crippen molar-refractivity contribution in [2.75, 3.05) is 23.9 Å². The summed E-state index contributed by atoms with van der Waals surface area (Å²) in [5.41, 5.74) is 3.17. The minimum absolute atomic E-state index is 0.493. The highest BCUT2D eigenvalue weighted by Crippen LogP contribution is 2.24. The second-order valence-electron chi connectivity index (χ2n) is 4.52. The summed E-state index contributed by atoms with van der Waals surface area (Å²) < 4.78 is 4.77. The topological polar surface area (TPSA) is 147 Å². The lowest BCUT2D eigenvalue weighted by molar-refractivity contribution is -0.119. The van der Waals surface area contributed by atoms with E-state index < -0.39 is 41.1 Å². The zero-order chi connectivity index (χ0) is 17.7. The predicted octanol–water partition coefficient (Wildman–Crippen LogP) is 0.163. The summed E-state index contributed by atoms with van der Waals surface area (Å²) in [6, 6.07) is 7.11. The Hall–Kier alpha value is -3.01. The lowest BCUT2D eigenvalue weighted by Gasteiger charge is -2.10. The van der Waals surface area contributed by atoms with Crippen LogP contribution in [0.3, 0.4) is 0 Å². The quantitative estimate of drug-likeness (QED) is 0.443. The Labute approximate surface area is 139 Å². The van der Waals surface area contributed by atoms with Gasteiger partial charge in [-0.25, -0.2) is 9.59 Å². The molecule has 0 aliphatic heterocycles. The number of nitrogens with two attached hydrogens (primary N) is 1. The Kier molecular flexibility index (Phi) is 5.42. The van der Waals surface area contributed by atoms with E-state index in [1.807, 2.05) is 23.4 Å². The summed E-state index contributed by atoms with van der Waals surface area (Å²) in [5, 5.41) is 2.60. The van der Waals surface area contributed by atoms with Crippen molar-refractivity contribution in [1.29, 1.82) is 0 Å². The number of nitrogens with one attached hydrogen (secondary N) is 3. The standard InChI is InChI=1S/C14H14N4O5S/c1-24-8-5-3-2-4-7(8)16-9(19)6-23-13(21)11-10(15)12(20)18-14(22)17-11/h2-5H,6,15H2,1H3,(H,16,19)(H2,17,18,20,22). The Balaban J connectivity index is 2.03. The van der Waals surface area contributed by atoms with Gasteiger partial charge in [-0.3, -0.25) is 19.6 Å². The highest BCUT2D eigenvalue weighted by molar-refractivity contribution is 7.98. The maximum Gasteiger partial charge on any atom is 0.357 e. The molecule has 2 rings (SSSR count). The lowest BCUT2D eigenvalue weighted by atomic mass is 10.3. The predicted molar refractivity (Wildman–Crippen MR) is 89.2 cm³/mol. The van der Waals surface area contributed by atoms with Crippen molar-refractivity contribution in [3.05, 3.63) is 50.8 Å². The number of H-pyrrole nitrogens is 2. The molecule has 0 saturated heterocycles. The molecular formula is C14H14N4O5S. The average Bonchev–Trinajstić information content (AvgIpc) is 2.56. The van der Waals surface area contributed by atoms with E-state index in [1.165, 1.54) is 11.8 Å². The Morgan fingerprint density at radius 1 is 1.25 bits per heavy atom. The third kappa shape index (κ3) is 4.04. The summed E-state index contributed by atoms with van der Waals surface area (Å²) >= 11 is 1.45. The van der Waals surface area contributed by atoms with Crippen LogP contribution in [0.15, 0.2) is 38.8 Å². The van der Waals surface area contributed by atoms with Gasteiger partial charge in [-0.05, 0) is 18.4 Å². The molecule has 10 heteroatoms. The van der Waals surface area contributed by atoms with Crippen LogP contribution >= 0.6 is 11.8 Å². The molecule has 1 heterocycles. The SMILES string of the molecule is CSc1ccccc1NC(=O)COC(=O)c1[nH]c(=O)[nH]c(=O)c1N. The van der Waals surface area contributed by atoms with Gasteiger partial charge in [0.2, 0.25) is 0 Å². The summed E-state index contributed by atoms with van der Waals surface area (Å²) in [6.45, 7) is -0.601. The molecule has 5 N–H and O–H groups in total. The maximum atomic E-state index is 11.9. The number of hydrogen-bond acceptors (Lipinski definition) is 7. The van der Waals surface area contributed by atoms with Crippen LogP contribution < -0.4 is 22.3 Å². The van der Waals surface area contributed by atoms with Gasteiger partial charge in [0.05, 0.1) is 5.69 Å². The molecular weight excluding hydrogens is 336 g/mol. The molecule has 0 saturated carbocycles. The van der Waals surface area contributed by atoms with E-state index >= 15 is 0 Å². The van der Waals surface area contributed by atoms with Crippen LogP contribution in [0.25, 0.3) is 0 Å². The number of aromatic nitrogens is 2. The molecule has 0 fully saturated rings. The molecule has 1 amide bonds. The average molecular weight is 350 g/mol. The zero-order valence-electron chi connectivity index (χ0n) is 12.5. The van der Waals surface area contributed by atoms with Gasteiger partial charge < -0.3 is 15.8 Å². The summed E-state index contributed by atoms with van der Waals surface area (Å²) in [6.07, 6.45) is 1.86. The lowest BCUT2D eigenvalue weighted by Crippen LogP contribution is -2.30. The number of thioether (sulfide) groups is 1. The van der Waals surface area contributed by atoms with Crippen molar-refractivity contribution >= 4 is 35.0 Å². The van der Waals surface area contributed by atoms with Gasteiger partial charge in [-0.15, -0.1) is 11.8 Å². The van der Waals surface area contributed by atoms with Crippen molar-refractivity contribution < 1.29 is 14.3 Å². The molecule has 0 aliphatic carbocycles. The summed E-state index contributed by atoms with van der Waals surface area (Å²) in [4.78, 5) is 51.0. The first-order valence-electron chi connectivity index (χ1n) is 6.64. The molecule has 0 bridgehead atoms. The number of benzene rings is 1. The third-order valence-electron chi connectivity index (χ3n) is 2.90. The molecule has 1 aromatic carbocycles. The van der Waals surface area contributed by atoms with E-state index in [4.69, 9.17) is 10.5 Å². The van der Waals surface area contributed by atoms with Crippen molar-refractivity contribution in [2.45, 2.75) is 4.90 Å². The maximum absolute atomic E-state index is 11.9. The first-order valence-corrected chi connectivity index (χ1v) is 7.87. The zero-order valence-corrected chi connectivity index (χ0v) is 13.4. The van der Waals surface area contributed by atoms with Gasteiger partial charge in [0.15, 0.2) is 12.3 Å². The number of rotatable bonds is 5. The molecule has 0 unspecified atom stereocenters. The van der Waals surface area contributed by atoms with Crippen LogP contribution in [-0.4, -0.2) is 34.7 Å². The van der Waals surface area contributed by atoms with Gasteiger partial charge in [0, 0.05) is 4.90 Å². The van der Waals surface area contributed by atoms with E-state index in [0.29, 0.717) is 5.69 Å². The van der Waals surface area contributed by atoms with Crippen LogP contribution in [0.4, 0.5) is 11.4 Å². The largest absolute Gasteiger partial charge is 0.451 e. The van der Waals surface area contributed by atoms with Crippen LogP contribution in [0.5, 0.6) is 0 Å². The van der Waals surface area contributed by atoms with E-state index in [0.717, 1.165) is 4.90 Å². The van der Waals surface area contributed by atoms with Crippen molar-refractivity contribution in [1.82, 2.24) is 9.97 Å². The van der Waals surface area contributed by atoms with E-state index in [2.05, 4.69) is 10.3 Å². The van der Waals surface area contributed by atoms with Gasteiger partial charge in [0.1, 0.15) is 5.69 Å². The minimum Gasteiger partial charge on any atom is -0.451 e. The fourth-order valence-corrected chi connectivity index (χ4v) is 2.35.